The van der Waals surface area contributed by atoms with Crippen molar-refractivity contribution in [1.29, 1.82) is 5.26 Å². The SMILES string of the molecule is CC1OCCN(C#N)C1C(=O)N(c1ccc(S(F)(F)(F)(F)F)cc1)C(C(=O)NC1CCC(F)(F)CC1)c1cncc(F)c1. The Labute approximate surface area is 241 Å². The number of rotatable bonds is 7. The first kappa shape index (κ1) is 32.3. The molecule has 17 heteroatoms. The minimum Gasteiger partial charge on any atom is -0.374 e. The predicted molar refractivity (Wildman–Crippen MR) is 139 cm³/mol. The van der Waals surface area contributed by atoms with Gasteiger partial charge in [0.25, 0.3) is 5.91 Å². The third kappa shape index (κ3) is 7.47. The average Bonchev–Trinajstić information content (AvgIpc) is 2.91. The van der Waals surface area contributed by atoms with Crippen molar-refractivity contribution in [3.63, 3.8) is 0 Å². The number of morpholine rings is 1. The summed E-state index contributed by atoms with van der Waals surface area (Å²) in [4.78, 5) is 31.1. The first-order valence-electron chi connectivity index (χ1n) is 13.0. The summed E-state index contributed by atoms with van der Waals surface area (Å²) >= 11 is 0. The topological polar surface area (TPSA) is 98.6 Å². The molecular formula is C26H27F8N5O3S. The van der Waals surface area contributed by atoms with E-state index in [4.69, 9.17) is 4.74 Å². The van der Waals surface area contributed by atoms with Gasteiger partial charge in [-0.2, -0.15) is 5.26 Å². The summed E-state index contributed by atoms with van der Waals surface area (Å²) in [5.74, 6) is -5.99. The number of nitrogens with one attached hydrogen (secondary N) is 1. The number of alkyl halides is 2. The van der Waals surface area contributed by atoms with E-state index in [-0.39, 0.29) is 43.7 Å². The van der Waals surface area contributed by atoms with Crippen LogP contribution in [0.1, 0.15) is 44.2 Å². The zero-order chi connectivity index (χ0) is 31.9. The van der Waals surface area contributed by atoms with Crippen molar-refractivity contribution in [2.24, 2.45) is 0 Å². The van der Waals surface area contributed by atoms with Gasteiger partial charge in [-0.25, -0.2) is 13.2 Å². The molecule has 4 rings (SSSR count). The zero-order valence-electron chi connectivity index (χ0n) is 22.5. The van der Waals surface area contributed by atoms with Crippen molar-refractivity contribution in [2.75, 3.05) is 18.1 Å². The minimum absolute atomic E-state index is 0.0428. The highest BCUT2D eigenvalue weighted by molar-refractivity contribution is 8.45. The molecule has 0 bridgehead atoms. The van der Waals surface area contributed by atoms with E-state index in [1.165, 1.54) is 6.92 Å². The summed E-state index contributed by atoms with van der Waals surface area (Å²) in [5.41, 5.74) is -0.748. The molecule has 1 saturated carbocycles. The minimum atomic E-state index is -10.1. The molecule has 43 heavy (non-hydrogen) atoms. The molecule has 2 heterocycles. The van der Waals surface area contributed by atoms with Crippen molar-refractivity contribution < 1.29 is 46.9 Å². The molecule has 1 aromatic heterocycles. The fraction of sp³-hybridized carbons (Fsp3) is 0.462. The molecule has 2 aromatic rings. The largest absolute Gasteiger partial charge is 0.374 e. The number of ether oxygens (including phenoxy) is 1. The number of halogens is 8. The summed E-state index contributed by atoms with van der Waals surface area (Å²) in [7, 11) is -10.1. The molecule has 8 nitrogen and oxygen atoms in total. The maximum atomic E-state index is 14.3. The molecule has 236 valence electrons. The number of amides is 2. The highest BCUT2D eigenvalue weighted by Crippen LogP contribution is 3.02. The first-order valence-corrected chi connectivity index (χ1v) is 15.0. The normalized spacial score (nSPS) is 23.3. The van der Waals surface area contributed by atoms with Crippen molar-refractivity contribution >= 4 is 27.7 Å². The van der Waals surface area contributed by atoms with Gasteiger partial charge in [-0.3, -0.25) is 24.4 Å². The number of pyridine rings is 1. The number of nitrogens with zero attached hydrogens (tertiary/aromatic N) is 4. The van der Waals surface area contributed by atoms with E-state index >= 15 is 0 Å². The van der Waals surface area contributed by atoms with Gasteiger partial charge in [0.15, 0.2) is 6.19 Å². The molecule has 0 radical (unpaired) electrons. The molecule has 1 aliphatic carbocycles. The molecule has 1 aromatic carbocycles. The third-order valence-electron chi connectivity index (χ3n) is 7.28. The monoisotopic (exact) mass is 641 g/mol. The van der Waals surface area contributed by atoms with E-state index in [1.807, 2.05) is 6.19 Å². The Balaban J connectivity index is 1.84. The Hall–Kier alpha value is -3.65. The Kier molecular flexibility index (Phi) is 8.11. The van der Waals surface area contributed by atoms with E-state index in [9.17, 15) is 47.5 Å². The van der Waals surface area contributed by atoms with E-state index in [1.54, 1.807) is 0 Å². The van der Waals surface area contributed by atoms with E-state index in [2.05, 4.69) is 10.3 Å². The van der Waals surface area contributed by atoms with Crippen molar-refractivity contribution in [3.8, 4) is 6.19 Å². The highest BCUT2D eigenvalue weighted by Gasteiger charge is 2.65. The molecule has 1 N–H and O–H groups in total. The smallest absolute Gasteiger partial charge is 0.310 e. The van der Waals surface area contributed by atoms with Crippen LogP contribution < -0.4 is 10.2 Å². The number of carbonyl (C=O) groups is 2. The second-order valence-corrected chi connectivity index (χ2v) is 12.9. The molecular weight excluding hydrogens is 614 g/mol. The Bertz CT molecular complexity index is 1410. The lowest BCUT2D eigenvalue weighted by Gasteiger charge is -2.42. The van der Waals surface area contributed by atoms with Crippen molar-refractivity contribution in [1.82, 2.24) is 15.2 Å². The Morgan fingerprint density at radius 3 is 2.33 bits per heavy atom. The van der Waals surface area contributed by atoms with Gasteiger partial charge in [0.1, 0.15) is 22.8 Å². The lowest BCUT2D eigenvalue weighted by molar-refractivity contribution is -0.136. The van der Waals surface area contributed by atoms with Crippen LogP contribution in [0.5, 0.6) is 0 Å². The molecule has 1 aliphatic heterocycles. The molecule has 3 unspecified atom stereocenters. The van der Waals surface area contributed by atoms with Gasteiger partial charge >= 0.3 is 10.2 Å². The number of aromatic nitrogens is 1. The summed E-state index contributed by atoms with van der Waals surface area (Å²) in [6, 6.07) is -2.09. The molecule has 2 aliphatic rings. The first-order chi connectivity index (χ1) is 19.8. The van der Waals surface area contributed by atoms with Gasteiger partial charge in [0, 0.05) is 36.3 Å². The van der Waals surface area contributed by atoms with E-state index in [0.29, 0.717) is 17.0 Å². The van der Waals surface area contributed by atoms with Crippen LogP contribution >= 0.6 is 10.2 Å². The molecule has 1 saturated heterocycles. The lowest BCUT2D eigenvalue weighted by atomic mass is 9.91. The summed E-state index contributed by atoms with van der Waals surface area (Å²) in [6.07, 6.45) is 1.25. The predicted octanol–water partition coefficient (Wildman–Crippen LogP) is 6.22. The van der Waals surface area contributed by atoms with Crippen molar-refractivity contribution in [3.05, 3.63) is 54.1 Å². The Morgan fingerprint density at radius 2 is 1.77 bits per heavy atom. The summed E-state index contributed by atoms with van der Waals surface area (Å²) in [5, 5.41) is 12.2. The molecule has 2 amide bonds. The molecule has 0 spiro atoms. The van der Waals surface area contributed by atoms with Gasteiger partial charge in [-0.1, -0.05) is 19.4 Å². The van der Waals surface area contributed by atoms with Gasteiger partial charge in [-0.05, 0) is 50.1 Å². The third-order valence-corrected chi connectivity index (χ3v) is 8.45. The van der Waals surface area contributed by atoms with Gasteiger partial charge < -0.3 is 10.1 Å². The molecule has 2 fully saturated rings. The van der Waals surface area contributed by atoms with Gasteiger partial charge in [-0.15, -0.1) is 0 Å². The van der Waals surface area contributed by atoms with Crippen LogP contribution in [0.3, 0.4) is 0 Å². The number of carbonyl (C=O) groups excluding carboxylic acids is 2. The van der Waals surface area contributed by atoms with Crippen LogP contribution in [0.4, 0.5) is 38.3 Å². The van der Waals surface area contributed by atoms with Gasteiger partial charge in [0.2, 0.25) is 11.8 Å². The number of hydrogen-bond donors (Lipinski definition) is 1. The highest BCUT2D eigenvalue weighted by atomic mass is 32.5. The van der Waals surface area contributed by atoms with Gasteiger partial charge in [0.05, 0.1) is 25.5 Å². The number of nitriles is 1. The van der Waals surface area contributed by atoms with Crippen LogP contribution in [0, 0.1) is 17.3 Å². The second-order valence-electron chi connectivity index (χ2n) is 10.5. The zero-order valence-corrected chi connectivity index (χ0v) is 23.4. The van der Waals surface area contributed by atoms with Crippen LogP contribution in [-0.4, -0.2) is 59.0 Å². The molecule has 3 atom stereocenters. The number of anilines is 1. The van der Waals surface area contributed by atoms with Crippen LogP contribution in [-0.2, 0) is 14.3 Å². The summed E-state index contributed by atoms with van der Waals surface area (Å²) in [6.45, 7) is 1.41. The summed E-state index contributed by atoms with van der Waals surface area (Å²) < 4.78 is 115. The number of hydrogen-bond acceptors (Lipinski definition) is 6. The average molecular weight is 642 g/mol. The lowest BCUT2D eigenvalue weighted by Crippen LogP contribution is -2.59. The van der Waals surface area contributed by atoms with E-state index < -0.39 is 81.4 Å². The Morgan fingerprint density at radius 1 is 1.14 bits per heavy atom. The van der Waals surface area contributed by atoms with Crippen molar-refractivity contribution in [2.45, 2.75) is 67.7 Å². The maximum Gasteiger partial charge on any atom is 0.310 e. The maximum absolute atomic E-state index is 14.3. The van der Waals surface area contributed by atoms with Crippen LogP contribution in [0.2, 0.25) is 0 Å². The standard InChI is InChI=1S/C26H27F8N5O3S/c1-16-22(38(15-35)10-11-42-16)25(41)39(20-2-4-21(5-3-20)43(30,31,32,33)34)23(17-12-18(27)14-36-13-17)24(40)37-19-6-8-26(28,29)9-7-19/h2-5,12-14,16,19,22-23H,6-11H2,1H3,(H,37,40). The fourth-order valence-electron chi connectivity index (χ4n) is 5.14. The van der Waals surface area contributed by atoms with E-state index in [0.717, 1.165) is 23.4 Å². The fourth-order valence-corrected chi connectivity index (χ4v) is 5.79. The van der Waals surface area contributed by atoms with Crippen LogP contribution in [0.25, 0.3) is 0 Å². The second kappa shape index (κ2) is 10.8. The quantitative estimate of drug-likeness (QED) is 0.285. The van der Waals surface area contributed by atoms with Crippen LogP contribution in [0.15, 0.2) is 47.6 Å². The number of benzene rings is 1.